The second-order valence-electron chi connectivity index (χ2n) is 13.2. The minimum Gasteiger partial charge on any atom is -0.469 e. The first-order valence-corrected chi connectivity index (χ1v) is 16.6. The summed E-state index contributed by atoms with van der Waals surface area (Å²) in [6, 6.07) is 23.6. The fraction of sp³-hybridized carbons (Fsp3) is 0.385. The van der Waals surface area contributed by atoms with E-state index in [4.69, 9.17) is 14.2 Å². The van der Waals surface area contributed by atoms with Crippen molar-refractivity contribution in [3.63, 3.8) is 0 Å². The molecule has 0 aromatic heterocycles. The average Bonchev–Trinajstić information content (AvgIpc) is 3.11. The molecule has 1 aliphatic heterocycles. The highest BCUT2D eigenvalue weighted by Gasteiger charge is 2.44. The van der Waals surface area contributed by atoms with E-state index >= 15 is 0 Å². The Labute approximate surface area is 288 Å². The van der Waals surface area contributed by atoms with E-state index in [-0.39, 0.29) is 31.3 Å². The van der Waals surface area contributed by atoms with Gasteiger partial charge in [-0.05, 0) is 87.0 Å². The number of ether oxygens (including phenoxy) is 3. The van der Waals surface area contributed by atoms with Crippen molar-refractivity contribution >= 4 is 24.1 Å². The van der Waals surface area contributed by atoms with Crippen LogP contribution in [0.25, 0.3) is 11.1 Å². The molecule has 3 amide bonds. The number of nitrogens with zero attached hydrogens (tertiary/aromatic N) is 1. The van der Waals surface area contributed by atoms with Crippen LogP contribution in [0.4, 0.5) is 9.59 Å². The van der Waals surface area contributed by atoms with Crippen LogP contribution in [0.15, 0.2) is 91.0 Å². The summed E-state index contributed by atoms with van der Waals surface area (Å²) in [6.45, 7) is 8.06. The summed E-state index contributed by atoms with van der Waals surface area (Å²) >= 11 is 0. The van der Waals surface area contributed by atoms with Crippen LogP contribution in [-0.2, 0) is 32.2 Å². The summed E-state index contributed by atoms with van der Waals surface area (Å²) in [5.74, 6) is -1.09. The van der Waals surface area contributed by atoms with Crippen LogP contribution < -0.4 is 10.6 Å². The highest BCUT2D eigenvalue weighted by Crippen LogP contribution is 2.33. The number of imide groups is 1. The fourth-order valence-electron chi connectivity index (χ4n) is 5.70. The molecule has 0 radical (unpaired) electrons. The van der Waals surface area contributed by atoms with Crippen molar-refractivity contribution in [3.05, 3.63) is 108 Å². The second kappa shape index (κ2) is 16.9. The number of amides is 3. The molecular weight excluding hydrogens is 622 g/mol. The van der Waals surface area contributed by atoms with Gasteiger partial charge in [-0.2, -0.15) is 0 Å². The van der Waals surface area contributed by atoms with Crippen LogP contribution in [0.2, 0.25) is 0 Å². The summed E-state index contributed by atoms with van der Waals surface area (Å²) in [7, 11) is 1.32. The number of rotatable bonds is 12. The minimum absolute atomic E-state index is 0.0359. The van der Waals surface area contributed by atoms with E-state index in [0.29, 0.717) is 12.8 Å². The van der Waals surface area contributed by atoms with E-state index in [9.17, 15) is 19.2 Å². The normalized spacial score (nSPS) is 15.4. The number of esters is 1. The molecule has 4 rings (SSSR count). The molecule has 10 heteroatoms. The van der Waals surface area contributed by atoms with Crippen molar-refractivity contribution in [3.8, 4) is 11.1 Å². The zero-order chi connectivity index (χ0) is 35.4. The molecule has 3 aromatic rings. The SMILES string of the molecule is CC[C@@](C[C@@H]1C=CCCN1)(CN(C(=O)OCc1ccccc1)C(=O)c1ccc(-c2cccc(CNC(=O)OC(C)(C)C)c2)cc1)C(=O)OC. The van der Waals surface area contributed by atoms with Crippen LogP contribution in [-0.4, -0.2) is 60.8 Å². The molecule has 2 atom stereocenters. The second-order valence-corrected chi connectivity index (χ2v) is 13.2. The van der Waals surface area contributed by atoms with Crippen molar-refractivity contribution in [2.24, 2.45) is 5.41 Å². The van der Waals surface area contributed by atoms with Crippen molar-refractivity contribution < 1.29 is 33.4 Å². The number of carbonyl (C=O) groups excluding carboxylic acids is 4. The molecule has 1 aliphatic rings. The maximum absolute atomic E-state index is 14.1. The molecule has 2 N–H and O–H groups in total. The Morgan fingerprint density at radius 3 is 2.27 bits per heavy atom. The van der Waals surface area contributed by atoms with E-state index in [0.717, 1.165) is 40.1 Å². The van der Waals surface area contributed by atoms with Crippen LogP contribution >= 0.6 is 0 Å². The monoisotopic (exact) mass is 669 g/mol. The Morgan fingerprint density at radius 2 is 1.63 bits per heavy atom. The van der Waals surface area contributed by atoms with Crippen molar-refractivity contribution in [2.75, 3.05) is 20.2 Å². The molecule has 0 bridgehead atoms. The Bertz CT molecular complexity index is 1620. The van der Waals surface area contributed by atoms with Gasteiger partial charge < -0.3 is 24.8 Å². The lowest BCUT2D eigenvalue weighted by atomic mass is 9.77. The van der Waals surface area contributed by atoms with E-state index in [1.54, 1.807) is 45.0 Å². The zero-order valence-corrected chi connectivity index (χ0v) is 29.0. The standard InChI is InChI=1S/C39H47N3O7/c1-6-39(35(44)47-5,24-33-17-10-11-22-40-33)27-42(37(46)48-26-28-13-8-7-9-14-28)34(43)31-20-18-30(19-21-31)32-16-12-15-29(23-32)25-41-36(45)49-38(2,3)4/h7-10,12-21,23,33,40H,6,11,22,24-27H2,1-5H3,(H,41,45)/t33-,39+/m0/s1. The smallest absolute Gasteiger partial charge is 0.417 e. The summed E-state index contributed by atoms with van der Waals surface area (Å²) in [4.78, 5) is 54.4. The molecule has 0 spiro atoms. The summed E-state index contributed by atoms with van der Waals surface area (Å²) in [6.07, 6.45) is 4.27. The van der Waals surface area contributed by atoms with E-state index < -0.39 is 35.1 Å². The van der Waals surface area contributed by atoms with Gasteiger partial charge in [0.2, 0.25) is 0 Å². The molecule has 10 nitrogen and oxygen atoms in total. The van der Waals surface area contributed by atoms with Gasteiger partial charge in [0.15, 0.2) is 0 Å². The maximum atomic E-state index is 14.1. The van der Waals surface area contributed by atoms with E-state index in [1.165, 1.54) is 7.11 Å². The predicted octanol–water partition coefficient (Wildman–Crippen LogP) is 7.03. The molecule has 1 heterocycles. The van der Waals surface area contributed by atoms with Gasteiger partial charge in [-0.25, -0.2) is 14.5 Å². The van der Waals surface area contributed by atoms with Crippen LogP contribution in [0.1, 0.15) is 68.4 Å². The van der Waals surface area contributed by atoms with Crippen molar-refractivity contribution in [1.29, 1.82) is 0 Å². The van der Waals surface area contributed by atoms with Crippen LogP contribution in [0.5, 0.6) is 0 Å². The summed E-state index contributed by atoms with van der Waals surface area (Å²) in [5, 5.41) is 6.17. The minimum atomic E-state index is -1.18. The Balaban J connectivity index is 1.58. The molecule has 0 fully saturated rings. The van der Waals surface area contributed by atoms with Gasteiger partial charge in [-0.1, -0.05) is 79.7 Å². The van der Waals surface area contributed by atoms with Gasteiger partial charge in [0.05, 0.1) is 12.5 Å². The highest BCUT2D eigenvalue weighted by atomic mass is 16.6. The van der Waals surface area contributed by atoms with Gasteiger partial charge in [0, 0.05) is 24.7 Å². The molecule has 0 aliphatic carbocycles. The van der Waals surface area contributed by atoms with Gasteiger partial charge >= 0.3 is 18.2 Å². The largest absolute Gasteiger partial charge is 0.469 e. The van der Waals surface area contributed by atoms with Gasteiger partial charge in [-0.3, -0.25) is 9.59 Å². The van der Waals surface area contributed by atoms with Crippen LogP contribution in [0, 0.1) is 5.41 Å². The third kappa shape index (κ3) is 10.5. The van der Waals surface area contributed by atoms with Crippen LogP contribution in [0.3, 0.4) is 0 Å². The molecule has 3 aromatic carbocycles. The lowest BCUT2D eigenvalue weighted by Crippen LogP contribution is -2.51. The maximum Gasteiger partial charge on any atom is 0.417 e. The van der Waals surface area contributed by atoms with Gasteiger partial charge in [0.1, 0.15) is 12.2 Å². The Hall–Kier alpha value is -4.96. The topological polar surface area (TPSA) is 123 Å². The molecular formula is C39H47N3O7. The lowest BCUT2D eigenvalue weighted by Gasteiger charge is -2.37. The first kappa shape index (κ1) is 36.9. The Kier molecular flexibility index (Phi) is 12.7. The highest BCUT2D eigenvalue weighted by molar-refractivity contribution is 6.03. The number of hydrogen-bond donors (Lipinski definition) is 2. The number of hydrogen-bond acceptors (Lipinski definition) is 8. The molecule has 0 saturated heterocycles. The van der Waals surface area contributed by atoms with Crippen molar-refractivity contribution in [1.82, 2.24) is 15.5 Å². The number of carbonyl (C=O) groups is 4. The molecule has 260 valence electrons. The zero-order valence-electron chi connectivity index (χ0n) is 29.0. The quantitative estimate of drug-likeness (QED) is 0.120. The van der Waals surface area contributed by atoms with Gasteiger partial charge in [-0.15, -0.1) is 0 Å². The third-order valence-corrected chi connectivity index (χ3v) is 8.35. The molecule has 49 heavy (non-hydrogen) atoms. The predicted molar refractivity (Wildman–Crippen MR) is 188 cm³/mol. The number of nitrogens with one attached hydrogen (secondary N) is 2. The number of benzene rings is 3. The Morgan fingerprint density at radius 1 is 0.918 bits per heavy atom. The first-order valence-electron chi connectivity index (χ1n) is 16.6. The van der Waals surface area contributed by atoms with Crippen molar-refractivity contribution in [2.45, 2.75) is 71.8 Å². The average molecular weight is 670 g/mol. The fourth-order valence-corrected chi connectivity index (χ4v) is 5.70. The summed E-state index contributed by atoms with van der Waals surface area (Å²) in [5.41, 5.74) is 1.84. The lowest BCUT2D eigenvalue weighted by molar-refractivity contribution is -0.154. The summed E-state index contributed by atoms with van der Waals surface area (Å²) < 4.78 is 16.2. The third-order valence-electron chi connectivity index (χ3n) is 8.35. The number of methoxy groups -OCH3 is 1. The molecule has 0 unspecified atom stereocenters. The van der Waals surface area contributed by atoms with Gasteiger partial charge in [0.25, 0.3) is 5.91 Å². The van der Waals surface area contributed by atoms with E-state index in [2.05, 4.69) is 16.7 Å². The van der Waals surface area contributed by atoms with E-state index in [1.807, 2.05) is 67.6 Å². The molecule has 0 saturated carbocycles. The number of alkyl carbamates (subject to hydrolysis) is 1. The first-order chi connectivity index (χ1) is 23.4.